The van der Waals surface area contributed by atoms with Crippen molar-refractivity contribution in [2.45, 2.75) is 32.5 Å². The number of likely N-dealkylation sites (N-methyl/N-ethyl adjacent to an activating group) is 1. The predicted octanol–water partition coefficient (Wildman–Crippen LogP) is -0.315. The molecule has 0 aliphatic rings. The van der Waals surface area contributed by atoms with Crippen LogP contribution in [0.4, 0.5) is 5.69 Å². The van der Waals surface area contributed by atoms with Crippen molar-refractivity contribution >= 4 is 5.69 Å². The van der Waals surface area contributed by atoms with Gasteiger partial charge in [0, 0.05) is 39.4 Å². The van der Waals surface area contributed by atoms with E-state index in [0.717, 1.165) is 5.69 Å². The minimum atomic E-state index is -0.644. The van der Waals surface area contributed by atoms with Crippen LogP contribution in [0, 0.1) is 0 Å². The Bertz CT molecular complexity index is 476. The summed E-state index contributed by atoms with van der Waals surface area (Å²) in [5.41, 5.74) is 0.517. The molecule has 21 heavy (non-hydrogen) atoms. The van der Waals surface area contributed by atoms with Crippen molar-refractivity contribution in [3.05, 3.63) is 22.6 Å². The minimum absolute atomic E-state index is 0.181. The predicted molar refractivity (Wildman–Crippen MR) is 82.8 cm³/mol. The number of hydrogen-bond donors (Lipinski definition) is 2. The first-order valence-electron chi connectivity index (χ1n) is 7.12. The number of nitrogens with zero attached hydrogens (tertiary/aromatic N) is 3. The summed E-state index contributed by atoms with van der Waals surface area (Å²) in [5, 5.41) is 17.1. The van der Waals surface area contributed by atoms with Crippen LogP contribution in [0.1, 0.15) is 13.8 Å². The van der Waals surface area contributed by atoms with Crippen LogP contribution in [0.25, 0.3) is 0 Å². The third kappa shape index (κ3) is 6.24. The number of nitrogens with one attached hydrogen (secondary N) is 1. The summed E-state index contributed by atoms with van der Waals surface area (Å²) in [6.07, 6.45) is 0.981. The first-order chi connectivity index (χ1) is 9.93. The maximum absolute atomic E-state index is 12.0. The molecule has 1 heterocycles. The number of aliphatic hydroxyl groups is 1. The Morgan fingerprint density at radius 2 is 2.24 bits per heavy atom. The molecule has 1 aromatic heterocycles. The third-order valence-corrected chi connectivity index (χ3v) is 3.07. The highest BCUT2D eigenvalue weighted by molar-refractivity contribution is 5.41. The summed E-state index contributed by atoms with van der Waals surface area (Å²) in [6.45, 7) is 5.88. The molecule has 1 rings (SSSR count). The molecule has 0 saturated carbocycles. The van der Waals surface area contributed by atoms with E-state index >= 15 is 0 Å². The maximum atomic E-state index is 12.0. The Balaban J connectivity index is 2.63. The zero-order chi connectivity index (χ0) is 15.8. The number of anilines is 1. The van der Waals surface area contributed by atoms with E-state index in [-0.39, 0.29) is 12.1 Å². The van der Waals surface area contributed by atoms with Gasteiger partial charge in [-0.15, -0.1) is 0 Å². The summed E-state index contributed by atoms with van der Waals surface area (Å²) in [4.78, 5) is 13.9. The quantitative estimate of drug-likeness (QED) is 0.651. The van der Waals surface area contributed by atoms with Gasteiger partial charge in [-0.05, 0) is 0 Å². The van der Waals surface area contributed by atoms with Crippen LogP contribution in [0.3, 0.4) is 0 Å². The lowest BCUT2D eigenvalue weighted by Crippen LogP contribution is -2.37. The normalized spacial score (nSPS) is 12.7. The van der Waals surface area contributed by atoms with E-state index in [1.165, 1.54) is 10.7 Å². The molecule has 0 radical (unpaired) electrons. The summed E-state index contributed by atoms with van der Waals surface area (Å²) in [5.74, 6) is 0. The average Bonchev–Trinajstić information content (AvgIpc) is 2.44. The van der Waals surface area contributed by atoms with Crippen LogP contribution in [-0.2, 0) is 11.3 Å². The maximum Gasteiger partial charge on any atom is 0.268 e. The highest BCUT2D eigenvalue weighted by atomic mass is 16.5. The van der Waals surface area contributed by atoms with Crippen molar-refractivity contribution in [1.29, 1.82) is 0 Å². The lowest BCUT2D eigenvalue weighted by atomic mass is 10.3. The molecule has 120 valence electrons. The van der Waals surface area contributed by atoms with Crippen molar-refractivity contribution in [2.24, 2.45) is 0 Å². The molecule has 0 aliphatic carbocycles. The Labute approximate surface area is 125 Å². The molecule has 1 aromatic rings. The minimum Gasteiger partial charge on any atom is -0.390 e. The topological polar surface area (TPSA) is 79.6 Å². The Hall–Kier alpha value is -1.44. The highest BCUT2D eigenvalue weighted by Gasteiger charge is 2.09. The van der Waals surface area contributed by atoms with Gasteiger partial charge < -0.3 is 20.1 Å². The fourth-order valence-electron chi connectivity index (χ4n) is 1.76. The molecule has 0 aromatic carbocycles. The number of hydrogen-bond acceptors (Lipinski definition) is 6. The van der Waals surface area contributed by atoms with E-state index < -0.39 is 6.10 Å². The molecule has 0 bridgehead atoms. The Morgan fingerprint density at radius 3 is 2.81 bits per heavy atom. The van der Waals surface area contributed by atoms with Crippen LogP contribution < -0.4 is 15.8 Å². The zero-order valence-corrected chi connectivity index (χ0v) is 13.2. The molecular weight excluding hydrogens is 272 g/mol. The first-order valence-corrected chi connectivity index (χ1v) is 7.12. The van der Waals surface area contributed by atoms with Crippen molar-refractivity contribution in [3.63, 3.8) is 0 Å². The van der Waals surface area contributed by atoms with Gasteiger partial charge in [0.1, 0.15) is 0 Å². The van der Waals surface area contributed by atoms with Gasteiger partial charge in [0.2, 0.25) is 0 Å². The van der Waals surface area contributed by atoms with Crippen molar-refractivity contribution in [3.8, 4) is 0 Å². The fourth-order valence-corrected chi connectivity index (χ4v) is 1.76. The van der Waals surface area contributed by atoms with Gasteiger partial charge in [-0.2, -0.15) is 5.10 Å². The van der Waals surface area contributed by atoms with Crippen molar-refractivity contribution in [1.82, 2.24) is 15.1 Å². The first kappa shape index (κ1) is 17.6. The highest BCUT2D eigenvalue weighted by Crippen LogP contribution is 2.06. The van der Waals surface area contributed by atoms with E-state index in [2.05, 4.69) is 10.4 Å². The number of methoxy groups -OCH3 is 1. The second-order valence-electron chi connectivity index (χ2n) is 5.37. The van der Waals surface area contributed by atoms with E-state index in [1.807, 2.05) is 25.8 Å². The van der Waals surface area contributed by atoms with Gasteiger partial charge in [0.05, 0.1) is 31.1 Å². The molecule has 0 fully saturated rings. The monoisotopic (exact) mass is 298 g/mol. The van der Waals surface area contributed by atoms with Crippen molar-refractivity contribution < 1.29 is 9.84 Å². The van der Waals surface area contributed by atoms with Gasteiger partial charge in [0.25, 0.3) is 5.56 Å². The summed E-state index contributed by atoms with van der Waals surface area (Å²) in [7, 11) is 3.51. The average molecular weight is 298 g/mol. The Morgan fingerprint density at radius 1 is 1.52 bits per heavy atom. The Kier molecular flexibility index (Phi) is 7.35. The van der Waals surface area contributed by atoms with Gasteiger partial charge in [-0.25, -0.2) is 4.68 Å². The van der Waals surface area contributed by atoms with Gasteiger partial charge in [-0.3, -0.25) is 4.79 Å². The van der Waals surface area contributed by atoms with Crippen LogP contribution in [0.2, 0.25) is 0 Å². The molecule has 7 nitrogen and oxygen atoms in total. The van der Waals surface area contributed by atoms with E-state index in [1.54, 1.807) is 13.3 Å². The van der Waals surface area contributed by atoms with Crippen LogP contribution in [0.15, 0.2) is 17.1 Å². The SMILES string of the molecule is COCCN(C)c1cnn(CC(O)CNC(C)C)c(=O)c1. The lowest BCUT2D eigenvalue weighted by molar-refractivity contribution is 0.142. The molecule has 0 saturated heterocycles. The molecule has 2 N–H and O–H groups in total. The molecule has 1 atom stereocenters. The van der Waals surface area contributed by atoms with Crippen LogP contribution in [0.5, 0.6) is 0 Å². The van der Waals surface area contributed by atoms with Gasteiger partial charge in [-0.1, -0.05) is 13.8 Å². The van der Waals surface area contributed by atoms with E-state index in [9.17, 15) is 9.90 Å². The third-order valence-electron chi connectivity index (χ3n) is 3.07. The molecular formula is C14H26N4O3. The van der Waals surface area contributed by atoms with E-state index in [4.69, 9.17) is 4.74 Å². The molecule has 0 aliphatic heterocycles. The number of aliphatic hydroxyl groups excluding tert-OH is 1. The van der Waals surface area contributed by atoms with Gasteiger partial charge in [0.15, 0.2) is 0 Å². The van der Waals surface area contributed by atoms with E-state index in [0.29, 0.717) is 25.7 Å². The number of aromatic nitrogens is 2. The van der Waals surface area contributed by atoms with Crippen LogP contribution in [-0.4, -0.2) is 60.9 Å². The fraction of sp³-hybridized carbons (Fsp3) is 0.714. The molecule has 0 spiro atoms. The van der Waals surface area contributed by atoms with Crippen LogP contribution >= 0.6 is 0 Å². The summed E-state index contributed by atoms with van der Waals surface area (Å²) >= 11 is 0. The second kappa shape index (κ2) is 8.76. The standard InChI is InChI=1S/C14H26N4O3/c1-11(2)15-9-13(19)10-18-14(20)7-12(8-16-18)17(3)5-6-21-4/h7-8,11,13,15,19H,5-6,9-10H2,1-4H3. The molecule has 1 unspecified atom stereocenters. The zero-order valence-electron chi connectivity index (χ0n) is 13.2. The summed E-state index contributed by atoms with van der Waals surface area (Å²) < 4.78 is 6.28. The number of rotatable bonds is 9. The van der Waals surface area contributed by atoms with Gasteiger partial charge >= 0.3 is 0 Å². The molecule has 7 heteroatoms. The molecule has 0 amide bonds. The lowest BCUT2D eigenvalue weighted by Gasteiger charge is -2.19. The second-order valence-corrected chi connectivity index (χ2v) is 5.37. The number of ether oxygens (including phenoxy) is 1. The smallest absolute Gasteiger partial charge is 0.268 e. The summed E-state index contributed by atoms with van der Waals surface area (Å²) in [6, 6.07) is 1.81. The largest absolute Gasteiger partial charge is 0.390 e. The van der Waals surface area contributed by atoms with Crippen molar-refractivity contribution in [2.75, 3.05) is 38.8 Å².